The second-order valence-electron chi connectivity index (χ2n) is 4.93. The Balaban J connectivity index is 1.63. The van der Waals surface area contributed by atoms with Crippen molar-refractivity contribution in [1.82, 2.24) is 24.8 Å². The largest absolute Gasteiger partial charge is 0.476 e. The topological polar surface area (TPSA) is 112 Å². The molecule has 1 fully saturated rings. The lowest BCUT2D eigenvalue weighted by Gasteiger charge is -2.34. The number of anilines is 1. The molecule has 1 amide bonds. The number of rotatable bonds is 3. The molecule has 1 aliphatic heterocycles. The lowest BCUT2D eigenvalue weighted by atomic mass is 10.2. The molecular formula is C14H14N6O3. The Hall–Kier alpha value is -3.10. The molecule has 1 saturated heterocycles. The number of carboxylic acid groups (broad SMARTS) is 1. The second-order valence-corrected chi connectivity index (χ2v) is 4.93. The lowest BCUT2D eigenvalue weighted by molar-refractivity contribution is 0.0684. The Kier molecular flexibility index (Phi) is 4.09. The van der Waals surface area contributed by atoms with Crippen molar-refractivity contribution in [3.8, 4) is 0 Å². The number of amides is 1. The monoisotopic (exact) mass is 314 g/mol. The molecule has 9 nitrogen and oxygen atoms in total. The SMILES string of the molecule is O=C(O)c1cnc(C(=O)N2CCN(c3cnccn3)CC2)cn1. The molecule has 0 unspecified atom stereocenters. The molecule has 3 rings (SSSR count). The molecule has 2 aromatic heterocycles. The lowest BCUT2D eigenvalue weighted by Crippen LogP contribution is -2.49. The molecule has 3 heterocycles. The van der Waals surface area contributed by atoms with E-state index in [9.17, 15) is 9.59 Å². The smallest absolute Gasteiger partial charge is 0.356 e. The van der Waals surface area contributed by atoms with Crippen molar-refractivity contribution in [3.63, 3.8) is 0 Å². The molecule has 0 bridgehead atoms. The van der Waals surface area contributed by atoms with Gasteiger partial charge in [-0.1, -0.05) is 0 Å². The minimum atomic E-state index is -1.17. The summed E-state index contributed by atoms with van der Waals surface area (Å²) < 4.78 is 0. The predicted molar refractivity (Wildman–Crippen MR) is 79.1 cm³/mol. The van der Waals surface area contributed by atoms with Crippen molar-refractivity contribution in [3.05, 3.63) is 42.4 Å². The number of hydrogen-bond donors (Lipinski definition) is 1. The van der Waals surface area contributed by atoms with Crippen LogP contribution in [0.3, 0.4) is 0 Å². The number of aromatic nitrogens is 4. The third-order valence-electron chi connectivity index (χ3n) is 3.53. The number of carbonyl (C=O) groups excluding carboxylic acids is 1. The summed E-state index contributed by atoms with van der Waals surface area (Å²) in [6.07, 6.45) is 7.22. The maximum atomic E-state index is 12.4. The van der Waals surface area contributed by atoms with E-state index in [1.807, 2.05) is 0 Å². The number of piperazine rings is 1. The van der Waals surface area contributed by atoms with E-state index in [1.165, 1.54) is 6.20 Å². The number of carbonyl (C=O) groups is 2. The van der Waals surface area contributed by atoms with Gasteiger partial charge in [0.05, 0.1) is 18.6 Å². The third-order valence-corrected chi connectivity index (χ3v) is 3.53. The number of nitrogens with zero attached hydrogens (tertiary/aromatic N) is 6. The summed E-state index contributed by atoms with van der Waals surface area (Å²) in [7, 11) is 0. The second kappa shape index (κ2) is 6.34. The minimum Gasteiger partial charge on any atom is -0.476 e. The normalized spacial score (nSPS) is 14.6. The van der Waals surface area contributed by atoms with Crippen LogP contribution in [0.5, 0.6) is 0 Å². The first-order valence-electron chi connectivity index (χ1n) is 7.01. The zero-order valence-electron chi connectivity index (χ0n) is 12.2. The van der Waals surface area contributed by atoms with E-state index < -0.39 is 5.97 Å². The van der Waals surface area contributed by atoms with Crippen LogP contribution in [0.1, 0.15) is 21.0 Å². The third kappa shape index (κ3) is 3.23. The van der Waals surface area contributed by atoms with Crippen LogP contribution in [-0.4, -0.2) is 68.0 Å². The van der Waals surface area contributed by atoms with Gasteiger partial charge in [-0.25, -0.2) is 19.7 Å². The van der Waals surface area contributed by atoms with E-state index in [-0.39, 0.29) is 17.3 Å². The summed E-state index contributed by atoms with van der Waals surface area (Å²) in [5.41, 5.74) is -0.0445. The highest BCUT2D eigenvalue weighted by Crippen LogP contribution is 2.13. The number of aromatic carboxylic acids is 1. The summed E-state index contributed by atoms with van der Waals surface area (Å²) >= 11 is 0. The fourth-order valence-electron chi connectivity index (χ4n) is 2.30. The van der Waals surface area contributed by atoms with Crippen molar-refractivity contribution >= 4 is 17.7 Å². The number of hydrogen-bond acceptors (Lipinski definition) is 7. The summed E-state index contributed by atoms with van der Waals surface area (Å²) in [6, 6.07) is 0. The summed E-state index contributed by atoms with van der Waals surface area (Å²) in [4.78, 5) is 42.7. The average Bonchev–Trinajstić information content (AvgIpc) is 2.62. The maximum absolute atomic E-state index is 12.4. The van der Waals surface area contributed by atoms with Crippen LogP contribution in [0.2, 0.25) is 0 Å². The Morgan fingerprint density at radius 3 is 2.17 bits per heavy atom. The molecular weight excluding hydrogens is 300 g/mol. The van der Waals surface area contributed by atoms with Crippen LogP contribution in [0.25, 0.3) is 0 Å². The van der Waals surface area contributed by atoms with E-state index in [0.717, 1.165) is 12.0 Å². The van der Waals surface area contributed by atoms with E-state index in [2.05, 4.69) is 24.8 Å². The van der Waals surface area contributed by atoms with Crippen molar-refractivity contribution in [2.75, 3.05) is 31.1 Å². The van der Waals surface area contributed by atoms with Gasteiger partial charge in [-0.15, -0.1) is 0 Å². The molecule has 2 aromatic rings. The average molecular weight is 314 g/mol. The number of carboxylic acids is 1. The van der Waals surface area contributed by atoms with Gasteiger partial charge in [0.15, 0.2) is 5.69 Å². The standard InChI is InChI=1S/C14H14N6O3/c21-13(10-7-18-11(8-17-10)14(22)23)20-5-3-19(4-6-20)12-9-15-1-2-16-12/h1-2,7-9H,3-6H2,(H,22,23). The molecule has 0 spiro atoms. The maximum Gasteiger partial charge on any atom is 0.356 e. The fourth-order valence-corrected chi connectivity index (χ4v) is 2.30. The zero-order chi connectivity index (χ0) is 16.2. The van der Waals surface area contributed by atoms with E-state index >= 15 is 0 Å². The van der Waals surface area contributed by atoms with Gasteiger partial charge in [-0.2, -0.15) is 0 Å². The van der Waals surface area contributed by atoms with E-state index in [4.69, 9.17) is 5.11 Å². The molecule has 0 saturated carbocycles. The first-order valence-corrected chi connectivity index (χ1v) is 7.01. The molecule has 1 aliphatic rings. The fraction of sp³-hybridized carbons (Fsp3) is 0.286. The van der Waals surface area contributed by atoms with Crippen molar-refractivity contribution < 1.29 is 14.7 Å². The van der Waals surface area contributed by atoms with Gasteiger partial charge in [0, 0.05) is 38.6 Å². The van der Waals surface area contributed by atoms with Gasteiger partial charge >= 0.3 is 5.97 Å². The molecule has 0 atom stereocenters. The van der Waals surface area contributed by atoms with Gasteiger partial charge in [0.25, 0.3) is 5.91 Å². The van der Waals surface area contributed by atoms with Crippen molar-refractivity contribution in [2.24, 2.45) is 0 Å². The Bertz CT molecular complexity index is 698. The van der Waals surface area contributed by atoms with Gasteiger partial charge < -0.3 is 14.9 Å². The van der Waals surface area contributed by atoms with Crippen LogP contribution in [0.4, 0.5) is 5.82 Å². The van der Waals surface area contributed by atoms with Gasteiger partial charge in [-0.3, -0.25) is 9.78 Å². The van der Waals surface area contributed by atoms with Crippen LogP contribution in [0, 0.1) is 0 Å². The Labute approximate surface area is 131 Å². The Morgan fingerprint density at radius 2 is 1.61 bits per heavy atom. The highest BCUT2D eigenvalue weighted by Gasteiger charge is 2.24. The summed E-state index contributed by atoms with van der Waals surface area (Å²) in [5, 5.41) is 8.79. The molecule has 9 heteroatoms. The van der Waals surface area contributed by atoms with Crippen molar-refractivity contribution in [2.45, 2.75) is 0 Å². The van der Waals surface area contributed by atoms with Gasteiger partial charge in [0.1, 0.15) is 11.5 Å². The van der Waals surface area contributed by atoms with E-state index in [1.54, 1.807) is 23.5 Å². The molecule has 1 N–H and O–H groups in total. The molecule has 0 aliphatic carbocycles. The van der Waals surface area contributed by atoms with Gasteiger partial charge in [-0.05, 0) is 0 Å². The van der Waals surface area contributed by atoms with Crippen LogP contribution in [-0.2, 0) is 0 Å². The molecule has 0 aromatic carbocycles. The summed E-state index contributed by atoms with van der Waals surface area (Å²) in [6.45, 7) is 2.34. The zero-order valence-corrected chi connectivity index (χ0v) is 12.2. The molecule has 118 valence electrons. The highest BCUT2D eigenvalue weighted by molar-refractivity contribution is 5.93. The predicted octanol–water partition coefficient (Wildman–Crippen LogP) is -0.0728. The van der Waals surface area contributed by atoms with Gasteiger partial charge in [0.2, 0.25) is 0 Å². The minimum absolute atomic E-state index is 0.142. The first kappa shape index (κ1) is 14.8. The van der Waals surface area contributed by atoms with Crippen molar-refractivity contribution in [1.29, 1.82) is 0 Å². The molecule has 23 heavy (non-hydrogen) atoms. The molecule has 0 radical (unpaired) electrons. The van der Waals surface area contributed by atoms with Crippen LogP contribution in [0.15, 0.2) is 31.0 Å². The van der Waals surface area contributed by atoms with Crippen LogP contribution >= 0.6 is 0 Å². The quantitative estimate of drug-likeness (QED) is 0.837. The Morgan fingerprint density at radius 1 is 0.913 bits per heavy atom. The highest BCUT2D eigenvalue weighted by atomic mass is 16.4. The van der Waals surface area contributed by atoms with Crippen LogP contribution < -0.4 is 4.90 Å². The van der Waals surface area contributed by atoms with E-state index in [0.29, 0.717) is 26.2 Å². The first-order chi connectivity index (χ1) is 11.1. The summed E-state index contributed by atoms with van der Waals surface area (Å²) in [5.74, 6) is -0.646.